The molecule has 1 saturated heterocycles. The average Bonchev–Trinajstić information content (AvgIpc) is 2.41. The lowest BCUT2D eigenvalue weighted by Crippen LogP contribution is -2.41. The zero-order valence-corrected chi connectivity index (χ0v) is 10.8. The Morgan fingerprint density at radius 2 is 2.42 bits per heavy atom. The summed E-state index contributed by atoms with van der Waals surface area (Å²) < 4.78 is 5.25. The van der Waals surface area contributed by atoms with Crippen molar-refractivity contribution in [3.05, 3.63) is 38.9 Å². The van der Waals surface area contributed by atoms with E-state index in [-0.39, 0.29) is 5.69 Å². The van der Waals surface area contributed by atoms with Gasteiger partial charge in [0.2, 0.25) is 0 Å². The first-order chi connectivity index (χ1) is 9.10. The standard InChI is InChI=1S/C12H12ClN3O3/c13-12-5-10(16(17)18)2-1-9(12)7-15-3-4-19-11(6-14)8-15/h1-2,5,11H,3-4,7-8H2. The van der Waals surface area contributed by atoms with E-state index in [1.807, 2.05) is 4.90 Å². The van der Waals surface area contributed by atoms with Gasteiger partial charge >= 0.3 is 0 Å². The fourth-order valence-electron chi connectivity index (χ4n) is 1.94. The second-order valence-corrected chi connectivity index (χ2v) is 4.66. The van der Waals surface area contributed by atoms with E-state index in [1.54, 1.807) is 6.07 Å². The van der Waals surface area contributed by atoms with Gasteiger partial charge in [-0.1, -0.05) is 11.6 Å². The van der Waals surface area contributed by atoms with Crippen LogP contribution < -0.4 is 0 Å². The quantitative estimate of drug-likeness (QED) is 0.625. The van der Waals surface area contributed by atoms with Gasteiger partial charge in [0.25, 0.3) is 5.69 Å². The minimum atomic E-state index is -0.476. The molecule has 0 bridgehead atoms. The number of nitro groups is 1. The van der Waals surface area contributed by atoms with Crippen LogP contribution in [0.3, 0.4) is 0 Å². The molecule has 0 amide bonds. The van der Waals surface area contributed by atoms with E-state index in [2.05, 4.69) is 6.07 Å². The van der Waals surface area contributed by atoms with E-state index < -0.39 is 11.0 Å². The monoisotopic (exact) mass is 281 g/mol. The molecule has 1 aliphatic rings. The number of non-ortho nitro benzene ring substituents is 1. The Morgan fingerprint density at radius 1 is 1.63 bits per heavy atom. The lowest BCUT2D eigenvalue weighted by atomic mass is 10.1. The van der Waals surface area contributed by atoms with Crippen LogP contribution in [0.2, 0.25) is 5.02 Å². The van der Waals surface area contributed by atoms with E-state index in [9.17, 15) is 10.1 Å². The normalized spacial score (nSPS) is 19.9. The van der Waals surface area contributed by atoms with Crippen LogP contribution in [0.25, 0.3) is 0 Å². The van der Waals surface area contributed by atoms with Gasteiger partial charge in [-0.25, -0.2) is 0 Å². The highest BCUT2D eigenvalue weighted by Crippen LogP contribution is 2.24. The number of nitriles is 1. The highest BCUT2D eigenvalue weighted by Gasteiger charge is 2.21. The molecule has 1 aromatic carbocycles. The molecule has 1 fully saturated rings. The van der Waals surface area contributed by atoms with Gasteiger partial charge in [-0.3, -0.25) is 15.0 Å². The number of hydrogen-bond donors (Lipinski definition) is 0. The smallest absolute Gasteiger partial charge is 0.270 e. The van der Waals surface area contributed by atoms with Crippen LogP contribution in [-0.2, 0) is 11.3 Å². The Hall–Kier alpha value is -1.68. The van der Waals surface area contributed by atoms with Gasteiger partial charge in [-0.2, -0.15) is 5.26 Å². The number of nitro benzene ring substituents is 1. The Balaban J connectivity index is 2.07. The third-order valence-corrected chi connectivity index (χ3v) is 3.29. The average molecular weight is 282 g/mol. The van der Waals surface area contributed by atoms with E-state index >= 15 is 0 Å². The topological polar surface area (TPSA) is 79.4 Å². The van der Waals surface area contributed by atoms with E-state index in [0.29, 0.717) is 31.3 Å². The molecule has 7 heteroatoms. The molecule has 0 radical (unpaired) electrons. The Bertz CT molecular complexity index is 529. The van der Waals surface area contributed by atoms with Crippen LogP contribution in [0.15, 0.2) is 18.2 Å². The molecule has 1 unspecified atom stereocenters. The number of morpholine rings is 1. The van der Waals surface area contributed by atoms with Crippen LogP contribution in [0.1, 0.15) is 5.56 Å². The number of rotatable bonds is 3. The van der Waals surface area contributed by atoms with Crippen molar-refractivity contribution in [2.24, 2.45) is 0 Å². The van der Waals surface area contributed by atoms with Crippen molar-refractivity contribution in [1.82, 2.24) is 4.90 Å². The molecule has 1 atom stereocenters. The molecule has 0 saturated carbocycles. The summed E-state index contributed by atoms with van der Waals surface area (Å²) in [5, 5.41) is 19.8. The minimum Gasteiger partial charge on any atom is -0.361 e. The fourth-order valence-corrected chi connectivity index (χ4v) is 2.18. The summed E-state index contributed by atoms with van der Waals surface area (Å²) in [4.78, 5) is 12.2. The van der Waals surface area contributed by atoms with Gasteiger partial charge in [0.05, 0.1) is 22.6 Å². The molecule has 1 heterocycles. The van der Waals surface area contributed by atoms with E-state index in [1.165, 1.54) is 12.1 Å². The van der Waals surface area contributed by atoms with Gasteiger partial charge in [-0.15, -0.1) is 0 Å². The summed E-state index contributed by atoms with van der Waals surface area (Å²) in [6.07, 6.45) is -0.425. The maximum atomic E-state index is 10.6. The van der Waals surface area contributed by atoms with Crippen LogP contribution in [0, 0.1) is 21.4 Å². The molecule has 1 aromatic rings. The van der Waals surface area contributed by atoms with Gasteiger partial charge in [0.1, 0.15) is 0 Å². The predicted octanol–water partition coefficient (Wildman–Crippen LogP) is 1.97. The third-order valence-electron chi connectivity index (χ3n) is 2.94. The first-order valence-electron chi connectivity index (χ1n) is 5.76. The first kappa shape index (κ1) is 13.7. The number of nitrogens with zero attached hydrogens (tertiary/aromatic N) is 3. The van der Waals surface area contributed by atoms with E-state index in [0.717, 1.165) is 5.56 Å². The minimum absolute atomic E-state index is 0.0226. The van der Waals surface area contributed by atoms with Crippen molar-refractivity contribution >= 4 is 17.3 Å². The molecule has 0 aliphatic carbocycles. The lowest BCUT2D eigenvalue weighted by molar-refractivity contribution is -0.384. The third kappa shape index (κ3) is 3.41. The Labute approximate surface area is 115 Å². The van der Waals surface area contributed by atoms with Crippen LogP contribution in [-0.4, -0.2) is 35.6 Å². The summed E-state index contributed by atoms with van der Waals surface area (Å²) in [6, 6.07) is 6.50. The highest BCUT2D eigenvalue weighted by atomic mass is 35.5. The van der Waals surface area contributed by atoms with E-state index in [4.69, 9.17) is 21.6 Å². The van der Waals surface area contributed by atoms with Crippen molar-refractivity contribution in [3.8, 4) is 6.07 Å². The molecule has 1 aliphatic heterocycles. The van der Waals surface area contributed by atoms with Gasteiger partial charge in [0, 0.05) is 31.8 Å². The molecule has 0 N–H and O–H groups in total. The van der Waals surface area contributed by atoms with Crippen LogP contribution in [0.4, 0.5) is 5.69 Å². The number of ether oxygens (including phenoxy) is 1. The van der Waals surface area contributed by atoms with Crippen molar-refractivity contribution in [2.75, 3.05) is 19.7 Å². The van der Waals surface area contributed by atoms with Crippen LogP contribution in [0.5, 0.6) is 0 Å². The zero-order chi connectivity index (χ0) is 13.8. The molecule has 2 rings (SSSR count). The fraction of sp³-hybridized carbons (Fsp3) is 0.417. The Morgan fingerprint density at radius 3 is 3.05 bits per heavy atom. The van der Waals surface area contributed by atoms with Gasteiger partial charge < -0.3 is 4.74 Å². The summed E-state index contributed by atoms with van der Waals surface area (Å²) >= 11 is 6.04. The lowest BCUT2D eigenvalue weighted by Gasteiger charge is -2.29. The van der Waals surface area contributed by atoms with Crippen molar-refractivity contribution in [1.29, 1.82) is 5.26 Å². The number of halogens is 1. The maximum absolute atomic E-state index is 10.6. The van der Waals surface area contributed by atoms with Gasteiger partial charge in [-0.05, 0) is 11.6 Å². The first-order valence-corrected chi connectivity index (χ1v) is 6.14. The molecule has 0 aromatic heterocycles. The van der Waals surface area contributed by atoms with Crippen molar-refractivity contribution in [2.45, 2.75) is 12.6 Å². The molecule has 0 spiro atoms. The second kappa shape index (κ2) is 5.97. The maximum Gasteiger partial charge on any atom is 0.270 e. The molecular weight excluding hydrogens is 270 g/mol. The van der Waals surface area contributed by atoms with Crippen molar-refractivity contribution < 1.29 is 9.66 Å². The van der Waals surface area contributed by atoms with Gasteiger partial charge in [0.15, 0.2) is 6.10 Å². The van der Waals surface area contributed by atoms with Crippen molar-refractivity contribution in [3.63, 3.8) is 0 Å². The largest absolute Gasteiger partial charge is 0.361 e. The number of benzene rings is 1. The second-order valence-electron chi connectivity index (χ2n) is 4.26. The summed E-state index contributed by atoms with van der Waals surface area (Å²) in [7, 11) is 0. The molecule has 6 nitrogen and oxygen atoms in total. The molecular formula is C12H12ClN3O3. The molecule has 19 heavy (non-hydrogen) atoms. The highest BCUT2D eigenvalue weighted by molar-refractivity contribution is 6.31. The van der Waals surface area contributed by atoms with Crippen LogP contribution >= 0.6 is 11.6 Å². The zero-order valence-electron chi connectivity index (χ0n) is 10.1. The Kier molecular flexibility index (Phi) is 4.32. The summed E-state index contributed by atoms with van der Waals surface area (Å²) in [5.41, 5.74) is 0.788. The summed E-state index contributed by atoms with van der Waals surface area (Å²) in [5.74, 6) is 0. The SMILES string of the molecule is N#CC1CN(Cc2ccc([N+](=O)[O-])cc2Cl)CCO1. The number of hydrogen-bond acceptors (Lipinski definition) is 5. The molecule has 100 valence electrons. The summed E-state index contributed by atoms with van der Waals surface area (Å²) in [6.45, 7) is 2.29. The predicted molar refractivity (Wildman–Crippen MR) is 68.7 cm³/mol.